The Kier molecular flexibility index (Phi) is 4.89. The molecule has 0 atom stereocenters. The van der Waals surface area contributed by atoms with Gasteiger partial charge in [-0.25, -0.2) is 0 Å². The zero-order valence-electron chi connectivity index (χ0n) is 15.7. The molecule has 0 spiro atoms. The van der Waals surface area contributed by atoms with E-state index in [-0.39, 0.29) is 11.6 Å². The third kappa shape index (κ3) is 3.76. The first kappa shape index (κ1) is 19.3. The van der Waals surface area contributed by atoms with Gasteiger partial charge in [0, 0.05) is 15.5 Å². The van der Waals surface area contributed by atoms with E-state index >= 15 is 0 Å². The molecule has 31 heavy (non-hydrogen) atoms. The standard InChI is InChI=1S/C21H12ClN5O3S/c22-15-8-6-13(7-9-15)12-17-19(16-10-11-18(30-16)27(28)29)25-26-20(23-24-21(26)31-17)14-4-2-1-3-5-14/h1-12H/b17-12-. The van der Waals surface area contributed by atoms with Crippen LogP contribution in [0.15, 0.2) is 86.3 Å². The summed E-state index contributed by atoms with van der Waals surface area (Å²) in [6.07, 6.45) is 1.90. The normalized spacial score (nSPS) is 14.4. The van der Waals surface area contributed by atoms with E-state index < -0.39 is 4.92 Å². The van der Waals surface area contributed by atoms with E-state index in [2.05, 4.69) is 10.2 Å². The second kappa shape index (κ2) is 7.86. The van der Waals surface area contributed by atoms with Crippen LogP contribution in [-0.4, -0.2) is 25.5 Å². The Morgan fingerprint density at radius 2 is 1.81 bits per heavy atom. The average Bonchev–Trinajstić information content (AvgIpc) is 3.43. The lowest BCUT2D eigenvalue weighted by molar-refractivity contribution is -0.402. The van der Waals surface area contributed by atoms with Crippen LogP contribution < -0.4 is 0 Å². The third-order valence-electron chi connectivity index (χ3n) is 4.45. The molecule has 2 aromatic heterocycles. The molecule has 5 rings (SSSR count). The van der Waals surface area contributed by atoms with Crippen LogP contribution in [0.25, 0.3) is 17.5 Å². The number of thioether (sulfide) groups is 1. The molecule has 0 saturated carbocycles. The van der Waals surface area contributed by atoms with Crippen molar-refractivity contribution in [2.45, 2.75) is 5.16 Å². The predicted molar refractivity (Wildman–Crippen MR) is 118 cm³/mol. The number of nitro groups is 1. The van der Waals surface area contributed by atoms with Crippen molar-refractivity contribution >= 4 is 41.0 Å². The molecule has 8 nitrogen and oxygen atoms in total. The quantitative estimate of drug-likeness (QED) is 0.301. The minimum absolute atomic E-state index is 0.276. The molecule has 0 saturated heterocycles. The molecular formula is C21H12ClN5O3S. The van der Waals surface area contributed by atoms with Gasteiger partial charge in [0.15, 0.2) is 11.6 Å². The van der Waals surface area contributed by atoms with E-state index in [0.29, 0.717) is 26.6 Å². The average molecular weight is 450 g/mol. The molecule has 0 aliphatic carbocycles. The molecule has 0 unspecified atom stereocenters. The number of fused-ring (bicyclic) bond motifs is 1. The number of allylic oxidation sites excluding steroid dienone is 1. The van der Waals surface area contributed by atoms with Gasteiger partial charge in [-0.2, -0.15) is 9.78 Å². The van der Waals surface area contributed by atoms with Gasteiger partial charge in [0.2, 0.25) is 5.16 Å². The second-order valence-corrected chi connectivity index (χ2v) is 7.94. The summed E-state index contributed by atoms with van der Waals surface area (Å²) in [7, 11) is 0. The van der Waals surface area contributed by atoms with Gasteiger partial charge < -0.3 is 4.42 Å². The maximum absolute atomic E-state index is 11.1. The lowest BCUT2D eigenvalue weighted by Gasteiger charge is -2.15. The van der Waals surface area contributed by atoms with Crippen LogP contribution in [-0.2, 0) is 0 Å². The number of halogens is 1. The van der Waals surface area contributed by atoms with Crippen molar-refractivity contribution in [3.05, 3.63) is 98.1 Å². The van der Waals surface area contributed by atoms with Crippen molar-refractivity contribution in [3.63, 3.8) is 0 Å². The molecule has 0 bridgehead atoms. The molecule has 10 heteroatoms. The van der Waals surface area contributed by atoms with Crippen LogP contribution in [0.2, 0.25) is 5.02 Å². The first-order chi connectivity index (χ1) is 15.1. The molecule has 2 aromatic carbocycles. The van der Waals surface area contributed by atoms with Gasteiger partial charge >= 0.3 is 5.88 Å². The molecule has 0 N–H and O–H groups in total. The summed E-state index contributed by atoms with van der Waals surface area (Å²) in [4.78, 5) is 11.2. The Labute approximate surface area is 185 Å². The highest BCUT2D eigenvalue weighted by atomic mass is 35.5. The number of aromatic nitrogens is 3. The van der Waals surface area contributed by atoms with Crippen molar-refractivity contribution in [2.75, 3.05) is 0 Å². The van der Waals surface area contributed by atoms with Gasteiger partial charge in [-0.05, 0) is 41.6 Å². The molecule has 3 heterocycles. The van der Waals surface area contributed by atoms with Crippen LogP contribution in [0.3, 0.4) is 0 Å². The van der Waals surface area contributed by atoms with Gasteiger partial charge in [0.25, 0.3) is 0 Å². The van der Waals surface area contributed by atoms with Gasteiger partial charge in [-0.15, -0.1) is 10.2 Å². The summed E-state index contributed by atoms with van der Waals surface area (Å²) in [6, 6.07) is 19.7. The third-order valence-corrected chi connectivity index (χ3v) is 5.67. The number of nitrogens with zero attached hydrogens (tertiary/aromatic N) is 5. The first-order valence-electron chi connectivity index (χ1n) is 9.08. The van der Waals surface area contributed by atoms with Crippen molar-refractivity contribution in [1.82, 2.24) is 14.9 Å². The number of rotatable bonds is 4. The lowest BCUT2D eigenvalue weighted by atomic mass is 10.1. The fraction of sp³-hybridized carbons (Fsp3) is 0. The van der Waals surface area contributed by atoms with Crippen molar-refractivity contribution in [2.24, 2.45) is 5.10 Å². The highest BCUT2D eigenvalue weighted by molar-refractivity contribution is 8.04. The Hall–Kier alpha value is -3.69. The minimum atomic E-state index is -0.581. The summed E-state index contributed by atoms with van der Waals surface area (Å²) in [5.74, 6) is 0.483. The molecule has 0 amide bonds. The first-order valence-corrected chi connectivity index (χ1v) is 10.3. The van der Waals surface area contributed by atoms with E-state index in [1.165, 1.54) is 23.9 Å². The molecule has 1 aliphatic heterocycles. The predicted octanol–water partition coefficient (Wildman–Crippen LogP) is 5.50. The summed E-state index contributed by atoms with van der Waals surface area (Å²) < 4.78 is 7.06. The van der Waals surface area contributed by atoms with E-state index in [4.69, 9.17) is 21.1 Å². The molecular weight excluding hydrogens is 438 g/mol. The number of benzene rings is 2. The SMILES string of the molecule is O=[N+]([O-])c1ccc(C2=Nn3c(nnc3-c3ccccc3)S/C2=C\c2ccc(Cl)cc2)o1. The lowest BCUT2D eigenvalue weighted by Crippen LogP contribution is -2.12. The van der Waals surface area contributed by atoms with E-state index in [9.17, 15) is 10.1 Å². The van der Waals surface area contributed by atoms with Gasteiger partial charge in [-0.1, -0.05) is 54.1 Å². The van der Waals surface area contributed by atoms with Crippen molar-refractivity contribution in [3.8, 4) is 11.4 Å². The monoisotopic (exact) mass is 449 g/mol. The highest BCUT2D eigenvalue weighted by Gasteiger charge is 2.28. The van der Waals surface area contributed by atoms with E-state index in [1.807, 2.05) is 48.5 Å². The fourth-order valence-corrected chi connectivity index (χ4v) is 4.07. The van der Waals surface area contributed by atoms with Gasteiger partial charge in [0.05, 0.1) is 6.07 Å². The van der Waals surface area contributed by atoms with Crippen LogP contribution >= 0.6 is 23.4 Å². The summed E-state index contributed by atoms with van der Waals surface area (Å²) in [6.45, 7) is 0. The Morgan fingerprint density at radius 3 is 2.52 bits per heavy atom. The molecule has 0 radical (unpaired) electrons. The van der Waals surface area contributed by atoms with E-state index in [0.717, 1.165) is 11.1 Å². The fourth-order valence-electron chi connectivity index (χ4n) is 3.01. The molecule has 0 fully saturated rings. The molecule has 152 valence electrons. The summed E-state index contributed by atoms with van der Waals surface area (Å²) in [5.41, 5.74) is 2.18. The Bertz CT molecular complexity index is 1340. The zero-order valence-corrected chi connectivity index (χ0v) is 17.2. The topological polar surface area (TPSA) is 99.3 Å². The Balaban J connectivity index is 1.65. The van der Waals surface area contributed by atoms with Crippen LogP contribution in [0.4, 0.5) is 5.88 Å². The second-order valence-electron chi connectivity index (χ2n) is 6.49. The highest BCUT2D eigenvalue weighted by Crippen LogP contribution is 2.37. The number of furan rings is 1. The van der Waals surface area contributed by atoms with Gasteiger partial charge in [-0.3, -0.25) is 10.1 Å². The minimum Gasteiger partial charge on any atom is -0.399 e. The summed E-state index contributed by atoms with van der Waals surface area (Å²) >= 11 is 7.34. The van der Waals surface area contributed by atoms with Crippen LogP contribution in [0, 0.1) is 10.1 Å². The largest absolute Gasteiger partial charge is 0.433 e. The van der Waals surface area contributed by atoms with Crippen molar-refractivity contribution < 1.29 is 9.34 Å². The van der Waals surface area contributed by atoms with E-state index in [1.54, 1.807) is 16.8 Å². The summed E-state index contributed by atoms with van der Waals surface area (Å²) in [5, 5.41) is 25.6. The smallest absolute Gasteiger partial charge is 0.399 e. The van der Waals surface area contributed by atoms with Crippen LogP contribution in [0.1, 0.15) is 11.3 Å². The Morgan fingerprint density at radius 1 is 1.03 bits per heavy atom. The van der Waals surface area contributed by atoms with Gasteiger partial charge in [0.1, 0.15) is 10.6 Å². The maximum Gasteiger partial charge on any atom is 0.433 e. The zero-order chi connectivity index (χ0) is 21.4. The number of hydrogen-bond donors (Lipinski definition) is 0. The molecule has 1 aliphatic rings. The maximum atomic E-state index is 11.1. The number of hydrogen-bond acceptors (Lipinski definition) is 7. The van der Waals surface area contributed by atoms with Crippen molar-refractivity contribution in [1.29, 1.82) is 0 Å². The van der Waals surface area contributed by atoms with Crippen LogP contribution in [0.5, 0.6) is 0 Å². The molecule has 4 aromatic rings.